The number of benzene rings is 3. The monoisotopic (exact) mass is 419 g/mol. The molecule has 4 rings (SSSR count). The van der Waals surface area contributed by atoms with Gasteiger partial charge in [-0.15, -0.1) is 10.2 Å². The van der Waals surface area contributed by atoms with Crippen LogP contribution in [0.2, 0.25) is 0 Å². The molecule has 0 radical (unpaired) electrons. The lowest BCUT2D eigenvalue weighted by atomic mass is 10.1. The lowest BCUT2D eigenvalue weighted by molar-refractivity contribution is 0.391. The Kier molecular flexibility index (Phi) is 6.24. The summed E-state index contributed by atoms with van der Waals surface area (Å²) in [6.45, 7) is 0.364. The molecule has 1 aromatic heterocycles. The summed E-state index contributed by atoms with van der Waals surface area (Å²) < 4.78 is 31.4. The molecule has 0 saturated heterocycles. The highest BCUT2D eigenvalue weighted by Crippen LogP contribution is 2.29. The molecule has 4 aromatic rings. The lowest BCUT2D eigenvalue weighted by Gasteiger charge is -2.18. The molecule has 1 atom stereocenters. The van der Waals surface area contributed by atoms with Gasteiger partial charge >= 0.3 is 0 Å². The summed E-state index contributed by atoms with van der Waals surface area (Å²) >= 11 is 0. The van der Waals surface area contributed by atoms with Crippen molar-refractivity contribution in [3.63, 3.8) is 0 Å². The Bertz CT molecular complexity index is 1150. The number of hydrogen-bond donors (Lipinski definition) is 1. The average molecular weight is 419 g/mol. The first kappa shape index (κ1) is 20.6. The van der Waals surface area contributed by atoms with Gasteiger partial charge in [0, 0.05) is 23.2 Å². The molecule has 0 fully saturated rings. The van der Waals surface area contributed by atoms with Crippen molar-refractivity contribution in [2.45, 2.75) is 12.6 Å². The van der Waals surface area contributed by atoms with Crippen LogP contribution >= 0.6 is 0 Å². The van der Waals surface area contributed by atoms with Crippen molar-refractivity contribution in [3.05, 3.63) is 95.6 Å². The fraction of sp³-hybridized carbons (Fsp3) is 0.167. The van der Waals surface area contributed by atoms with Crippen LogP contribution in [0.1, 0.15) is 23.1 Å². The van der Waals surface area contributed by atoms with Crippen LogP contribution in [0.25, 0.3) is 11.5 Å². The minimum atomic E-state index is -0.651. The first-order valence-corrected chi connectivity index (χ1v) is 9.77. The van der Waals surface area contributed by atoms with Gasteiger partial charge in [0.25, 0.3) is 0 Å². The van der Waals surface area contributed by atoms with Crippen molar-refractivity contribution in [3.8, 4) is 23.0 Å². The van der Waals surface area contributed by atoms with Crippen LogP contribution < -0.4 is 14.8 Å². The average Bonchev–Trinajstić information content (AvgIpc) is 3.31. The van der Waals surface area contributed by atoms with E-state index in [1.54, 1.807) is 32.4 Å². The fourth-order valence-electron chi connectivity index (χ4n) is 3.32. The third-order valence-electron chi connectivity index (χ3n) is 4.91. The van der Waals surface area contributed by atoms with Crippen molar-refractivity contribution in [1.82, 2.24) is 15.5 Å². The smallest absolute Gasteiger partial charge is 0.247 e. The molecule has 0 aliphatic rings. The predicted octanol–water partition coefficient (Wildman–Crippen LogP) is 4.77. The molecule has 6 nitrogen and oxygen atoms in total. The van der Waals surface area contributed by atoms with E-state index >= 15 is 0 Å². The maximum atomic E-state index is 14.7. The van der Waals surface area contributed by atoms with Gasteiger partial charge in [-0.1, -0.05) is 36.4 Å². The minimum absolute atomic E-state index is 0.269. The van der Waals surface area contributed by atoms with Crippen molar-refractivity contribution < 1.29 is 18.3 Å². The largest absolute Gasteiger partial charge is 0.497 e. The molecule has 0 amide bonds. The molecule has 0 aliphatic heterocycles. The molecule has 158 valence electrons. The van der Waals surface area contributed by atoms with Crippen LogP contribution in [0.5, 0.6) is 11.5 Å². The molecule has 3 aromatic carbocycles. The molecule has 1 N–H and O–H groups in total. The third-order valence-corrected chi connectivity index (χ3v) is 4.91. The Morgan fingerprint density at radius 1 is 0.935 bits per heavy atom. The Labute approximate surface area is 179 Å². The summed E-state index contributed by atoms with van der Waals surface area (Å²) in [7, 11) is 3.20. The zero-order valence-corrected chi connectivity index (χ0v) is 17.2. The normalized spacial score (nSPS) is 11.8. The zero-order valence-electron chi connectivity index (χ0n) is 17.2. The Balaban J connectivity index is 1.67. The number of methoxy groups -OCH3 is 2. The summed E-state index contributed by atoms with van der Waals surface area (Å²) in [4.78, 5) is 0. The second kappa shape index (κ2) is 9.40. The van der Waals surface area contributed by atoms with Crippen LogP contribution in [0.3, 0.4) is 0 Å². The maximum absolute atomic E-state index is 14.7. The van der Waals surface area contributed by atoms with E-state index in [-0.39, 0.29) is 11.7 Å². The molecule has 0 bridgehead atoms. The molecule has 0 aliphatic carbocycles. The van der Waals surface area contributed by atoms with Crippen molar-refractivity contribution in [1.29, 1.82) is 0 Å². The predicted molar refractivity (Wildman–Crippen MR) is 114 cm³/mol. The van der Waals surface area contributed by atoms with E-state index in [0.29, 0.717) is 29.5 Å². The number of hydrogen-bond acceptors (Lipinski definition) is 6. The van der Waals surface area contributed by atoms with Crippen LogP contribution in [0, 0.1) is 5.82 Å². The molecule has 7 heteroatoms. The molecule has 0 saturated carbocycles. The van der Waals surface area contributed by atoms with Gasteiger partial charge < -0.3 is 13.9 Å². The molecule has 31 heavy (non-hydrogen) atoms. The lowest BCUT2D eigenvalue weighted by Crippen LogP contribution is -2.23. The first-order chi connectivity index (χ1) is 15.2. The van der Waals surface area contributed by atoms with E-state index < -0.39 is 6.04 Å². The summed E-state index contributed by atoms with van der Waals surface area (Å²) in [6, 6.07) is 20.8. The Morgan fingerprint density at radius 2 is 1.71 bits per heavy atom. The first-order valence-electron chi connectivity index (χ1n) is 9.77. The summed E-state index contributed by atoms with van der Waals surface area (Å²) in [5.74, 6) is 1.67. The van der Waals surface area contributed by atoms with E-state index in [2.05, 4.69) is 15.5 Å². The number of nitrogens with one attached hydrogen (secondary N) is 1. The molecule has 0 unspecified atom stereocenters. The van der Waals surface area contributed by atoms with Crippen LogP contribution in [0.4, 0.5) is 4.39 Å². The number of nitrogens with zero attached hydrogens (tertiary/aromatic N) is 2. The van der Waals surface area contributed by atoms with E-state index in [1.807, 2.05) is 48.5 Å². The highest BCUT2D eigenvalue weighted by atomic mass is 19.1. The number of aromatic nitrogens is 2. The second-order valence-corrected chi connectivity index (χ2v) is 6.82. The summed E-state index contributed by atoms with van der Waals surface area (Å²) in [5.41, 5.74) is 2.06. The van der Waals surface area contributed by atoms with Crippen LogP contribution in [-0.4, -0.2) is 24.4 Å². The van der Waals surface area contributed by atoms with Crippen molar-refractivity contribution in [2.75, 3.05) is 14.2 Å². The quantitative estimate of drug-likeness (QED) is 0.444. The van der Waals surface area contributed by atoms with Gasteiger partial charge in [-0.25, -0.2) is 4.39 Å². The molecule has 0 spiro atoms. The van der Waals surface area contributed by atoms with Crippen molar-refractivity contribution in [2.24, 2.45) is 0 Å². The summed E-state index contributed by atoms with van der Waals surface area (Å²) in [5, 5.41) is 11.7. The van der Waals surface area contributed by atoms with E-state index in [4.69, 9.17) is 13.9 Å². The maximum Gasteiger partial charge on any atom is 0.247 e. The topological polar surface area (TPSA) is 69.4 Å². The van der Waals surface area contributed by atoms with Gasteiger partial charge in [0.05, 0.1) is 14.2 Å². The third kappa shape index (κ3) is 4.57. The SMILES string of the molecule is COc1ccc(OC)c(CN[C@@H](c2nnc(-c3ccccc3)o2)c2ccccc2F)c1. The van der Waals surface area contributed by atoms with Gasteiger partial charge in [0.15, 0.2) is 0 Å². The Hall–Kier alpha value is -3.71. The zero-order chi connectivity index (χ0) is 21.6. The minimum Gasteiger partial charge on any atom is -0.497 e. The number of halogens is 1. The van der Waals surface area contributed by atoms with E-state index in [0.717, 1.165) is 11.1 Å². The Morgan fingerprint density at radius 3 is 2.45 bits per heavy atom. The standard InChI is InChI=1S/C24H22FN3O3/c1-29-18-12-13-21(30-2)17(14-18)15-26-22(19-10-6-7-11-20(19)25)24-28-27-23(31-24)16-8-4-3-5-9-16/h3-14,22,26H,15H2,1-2H3/t22-/m1/s1. The van der Waals surface area contributed by atoms with E-state index in [1.165, 1.54) is 6.07 Å². The molecular formula is C24H22FN3O3. The number of ether oxygens (including phenoxy) is 2. The van der Waals surface area contributed by atoms with Gasteiger partial charge in [-0.3, -0.25) is 5.32 Å². The van der Waals surface area contributed by atoms with Gasteiger partial charge in [0.1, 0.15) is 23.4 Å². The molecule has 1 heterocycles. The molecular weight excluding hydrogens is 397 g/mol. The highest BCUT2D eigenvalue weighted by Gasteiger charge is 2.24. The van der Waals surface area contributed by atoms with Crippen LogP contribution in [-0.2, 0) is 6.54 Å². The number of rotatable bonds is 8. The fourth-order valence-corrected chi connectivity index (χ4v) is 3.32. The summed E-state index contributed by atoms with van der Waals surface area (Å²) in [6.07, 6.45) is 0. The second-order valence-electron chi connectivity index (χ2n) is 6.82. The van der Waals surface area contributed by atoms with Gasteiger partial charge in [-0.05, 0) is 36.4 Å². The highest BCUT2D eigenvalue weighted by molar-refractivity contribution is 5.52. The van der Waals surface area contributed by atoms with Crippen molar-refractivity contribution >= 4 is 0 Å². The van der Waals surface area contributed by atoms with E-state index in [9.17, 15) is 4.39 Å². The van der Waals surface area contributed by atoms with Gasteiger partial charge in [-0.2, -0.15) is 0 Å². The van der Waals surface area contributed by atoms with Gasteiger partial charge in [0.2, 0.25) is 11.8 Å². The van der Waals surface area contributed by atoms with Crippen LogP contribution in [0.15, 0.2) is 77.2 Å².